The van der Waals surface area contributed by atoms with Gasteiger partial charge in [-0.2, -0.15) is 13.5 Å². The molecule has 106 valence electrons. The van der Waals surface area contributed by atoms with Crippen LogP contribution in [0, 0.1) is 0 Å². The number of para-hydroxylation sites is 1. The minimum Gasteiger partial charge on any atom is -0.359 e. The van der Waals surface area contributed by atoms with Crippen LogP contribution in [-0.4, -0.2) is 31.6 Å². The van der Waals surface area contributed by atoms with Gasteiger partial charge in [0.15, 0.2) is 5.03 Å². The maximum atomic E-state index is 12.1. The van der Waals surface area contributed by atoms with Crippen molar-refractivity contribution >= 4 is 21.6 Å². The lowest BCUT2D eigenvalue weighted by atomic mass is 10.1. The summed E-state index contributed by atoms with van der Waals surface area (Å²) in [6.45, 7) is 0. The summed E-state index contributed by atoms with van der Waals surface area (Å²) in [5.41, 5.74) is 0.959. The molecule has 0 saturated heterocycles. The average Bonchev–Trinajstić information content (AvgIpc) is 2.95. The zero-order valence-electron chi connectivity index (χ0n) is 10.8. The molecular weight excluding hydrogens is 280 g/mol. The smallest absolute Gasteiger partial charge is 0.278 e. The summed E-state index contributed by atoms with van der Waals surface area (Å²) in [5.74, 6) is -0.196. The summed E-state index contributed by atoms with van der Waals surface area (Å²) in [5, 5.41) is 8.46. The van der Waals surface area contributed by atoms with Gasteiger partial charge in [0.25, 0.3) is 10.0 Å². The molecule has 2 aromatic rings. The Morgan fingerprint density at radius 2 is 2.05 bits per heavy atom. The van der Waals surface area contributed by atoms with Gasteiger partial charge in [-0.15, -0.1) is 0 Å². The normalized spacial score (nSPS) is 11.1. The number of hydrogen-bond acceptors (Lipinski definition) is 4. The zero-order valence-corrected chi connectivity index (χ0v) is 11.6. The first-order valence-corrected chi connectivity index (χ1v) is 7.32. The quantitative estimate of drug-likeness (QED) is 0.747. The maximum absolute atomic E-state index is 12.1. The molecule has 0 unspecified atom stereocenters. The van der Waals surface area contributed by atoms with Crippen molar-refractivity contribution in [1.82, 2.24) is 15.5 Å². The number of likely N-dealkylation sites (N-methyl/N-ethyl adjacent to an activating group) is 1. The van der Waals surface area contributed by atoms with Gasteiger partial charge in [-0.25, -0.2) is 0 Å². The fraction of sp³-hybridized carbons (Fsp3) is 0.167. The third kappa shape index (κ3) is 3.15. The molecule has 0 fully saturated rings. The van der Waals surface area contributed by atoms with E-state index in [2.05, 4.69) is 20.2 Å². The minimum atomic E-state index is -3.73. The van der Waals surface area contributed by atoms with Crippen LogP contribution < -0.4 is 10.0 Å². The lowest BCUT2D eigenvalue weighted by Crippen LogP contribution is -2.21. The van der Waals surface area contributed by atoms with E-state index in [0.29, 0.717) is 11.3 Å². The molecule has 0 aliphatic carbocycles. The third-order valence-corrected chi connectivity index (χ3v) is 3.95. The largest absolute Gasteiger partial charge is 0.359 e. The fourth-order valence-corrected chi connectivity index (χ4v) is 2.64. The minimum absolute atomic E-state index is 0.0350. The molecule has 0 aliphatic rings. The molecule has 0 radical (unpaired) electrons. The van der Waals surface area contributed by atoms with Gasteiger partial charge >= 0.3 is 0 Å². The number of H-pyrrole nitrogens is 1. The highest BCUT2D eigenvalue weighted by molar-refractivity contribution is 7.92. The molecule has 0 spiro atoms. The van der Waals surface area contributed by atoms with E-state index < -0.39 is 10.0 Å². The molecule has 1 amide bonds. The van der Waals surface area contributed by atoms with Gasteiger partial charge in [-0.3, -0.25) is 14.6 Å². The molecule has 0 bridgehead atoms. The highest BCUT2D eigenvalue weighted by Crippen LogP contribution is 2.19. The molecule has 0 saturated carbocycles. The second kappa shape index (κ2) is 5.74. The number of anilines is 1. The van der Waals surface area contributed by atoms with Gasteiger partial charge in [0.1, 0.15) is 0 Å². The zero-order chi connectivity index (χ0) is 14.6. The molecule has 3 N–H and O–H groups in total. The molecule has 20 heavy (non-hydrogen) atoms. The van der Waals surface area contributed by atoms with Crippen molar-refractivity contribution in [2.75, 3.05) is 11.8 Å². The Bertz CT molecular complexity index is 695. The van der Waals surface area contributed by atoms with Crippen LogP contribution in [-0.2, 0) is 21.2 Å². The van der Waals surface area contributed by atoms with Crippen LogP contribution in [0.15, 0.2) is 41.6 Å². The number of rotatable bonds is 5. The highest BCUT2D eigenvalue weighted by Gasteiger charge is 2.17. The van der Waals surface area contributed by atoms with Crippen molar-refractivity contribution in [1.29, 1.82) is 0 Å². The Balaban J connectivity index is 2.28. The van der Waals surface area contributed by atoms with Gasteiger partial charge in [0.2, 0.25) is 5.91 Å². The summed E-state index contributed by atoms with van der Waals surface area (Å²) in [4.78, 5) is 11.4. The molecule has 0 atom stereocenters. The summed E-state index contributed by atoms with van der Waals surface area (Å²) in [6.07, 6.45) is 1.45. The van der Waals surface area contributed by atoms with Crippen LogP contribution in [0.2, 0.25) is 0 Å². The van der Waals surface area contributed by atoms with Crippen LogP contribution in [0.5, 0.6) is 0 Å². The first-order chi connectivity index (χ1) is 9.53. The van der Waals surface area contributed by atoms with Crippen molar-refractivity contribution in [3.63, 3.8) is 0 Å². The lowest BCUT2D eigenvalue weighted by molar-refractivity contribution is -0.119. The highest BCUT2D eigenvalue weighted by atomic mass is 32.2. The predicted molar refractivity (Wildman–Crippen MR) is 73.6 cm³/mol. The molecule has 7 nitrogen and oxygen atoms in total. The summed E-state index contributed by atoms with van der Waals surface area (Å²) in [7, 11) is -2.21. The number of carbonyl (C=O) groups excluding carboxylic acids is 1. The molecule has 8 heteroatoms. The van der Waals surface area contributed by atoms with E-state index in [4.69, 9.17) is 0 Å². The molecule has 1 heterocycles. The van der Waals surface area contributed by atoms with E-state index in [1.165, 1.54) is 19.3 Å². The fourth-order valence-electron chi connectivity index (χ4n) is 1.63. The average molecular weight is 294 g/mol. The predicted octanol–water partition coefficient (Wildman–Crippen LogP) is 0.499. The van der Waals surface area contributed by atoms with Crippen LogP contribution in [0.4, 0.5) is 5.69 Å². The molecule has 2 rings (SSSR count). The first-order valence-electron chi connectivity index (χ1n) is 5.83. The second-order valence-electron chi connectivity index (χ2n) is 4.03. The van der Waals surface area contributed by atoms with Gasteiger partial charge < -0.3 is 5.32 Å². The van der Waals surface area contributed by atoms with Crippen molar-refractivity contribution in [2.24, 2.45) is 0 Å². The SMILES string of the molecule is CNC(=O)Cc1ccccc1NS(=O)(=O)c1ccn[nH]1. The van der Waals surface area contributed by atoms with E-state index in [1.54, 1.807) is 24.3 Å². The number of hydrogen-bond donors (Lipinski definition) is 3. The van der Waals surface area contributed by atoms with Crippen molar-refractivity contribution < 1.29 is 13.2 Å². The number of amides is 1. The van der Waals surface area contributed by atoms with E-state index in [0.717, 1.165) is 0 Å². The molecule has 0 aliphatic heterocycles. The van der Waals surface area contributed by atoms with Gasteiger partial charge in [0.05, 0.1) is 18.3 Å². The number of carbonyl (C=O) groups is 1. The van der Waals surface area contributed by atoms with Gasteiger partial charge in [0, 0.05) is 7.05 Å². The van der Waals surface area contributed by atoms with Crippen molar-refractivity contribution in [3.05, 3.63) is 42.1 Å². The van der Waals surface area contributed by atoms with Crippen LogP contribution in [0.25, 0.3) is 0 Å². The number of benzene rings is 1. The maximum Gasteiger partial charge on any atom is 0.278 e. The van der Waals surface area contributed by atoms with E-state index in [9.17, 15) is 13.2 Å². The van der Waals surface area contributed by atoms with Gasteiger partial charge in [-0.05, 0) is 17.7 Å². The first kappa shape index (κ1) is 14.1. The van der Waals surface area contributed by atoms with Crippen molar-refractivity contribution in [2.45, 2.75) is 11.4 Å². The molecule has 1 aromatic heterocycles. The van der Waals surface area contributed by atoms with E-state index in [1.807, 2.05) is 0 Å². The van der Waals surface area contributed by atoms with E-state index >= 15 is 0 Å². The summed E-state index contributed by atoms with van der Waals surface area (Å²) < 4.78 is 26.6. The Morgan fingerprint density at radius 3 is 2.70 bits per heavy atom. The standard InChI is InChI=1S/C12H14N4O3S/c1-13-11(17)8-9-4-2-3-5-10(9)16-20(18,19)12-6-7-14-15-12/h2-7,16H,8H2,1H3,(H,13,17)(H,14,15). The number of sulfonamides is 1. The molecule has 1 aromatic carbocycles. The summed E-state index contributed by atoms with van der Waals surface area (Å²) >= 11 is 0. The van der Waals surface area contributed by atoms with Crippen LogP contribution in [0.3, 0.4) is 0 Å². The Hall–Kier alpha value is -2.35. The summed E-state index contributed by atoms with van der Waals surface area (Å²) in [6, 6.07) is 8.08. The van der Waals surface area contributed by atoms with Crippen molar-refractivity contribution in [3.8, 4) is 0 Å². The topological polar surface area (TPSA) is 104 Å². The van der Waals surface area contributed by atoms with Gasteiger partial charge in [-0.1, -0.05) is 18.2 Å². The second-order valence-corrected chi connectivity index (χ2v) is 5.68. The number of aromatic amines is 1. The molecular formula is C12H14N4O3S. The number of nitrogens with one attached hydrogen (secondary N) is 3. The van der Waals surface area contributed by atoms with Crippen LogP contribution >= 0.6 is 0 Å². The lowest BCUT2D eigenvalue weighted by Gasteiger charge is -2.11. The Kier molecular flexibility index (Phi) is 4.04. The number of aromatic nitrogens is 2. The monoisotopic (exact) mass is 294 g/mol. The third-order valence-electron chi connectivity index (χ3n) is 2.66. The van der Waals surface area contributed by atoms with Crippen LogP contribution in [0.1, 0.15) is 5.56 Å². The van der Waals surface area contributed by atoms with E-state index in [-0.39, 0.29) is 17.4 Å². The Morgan fingerprint density at radius 1 is 1.30 bits per heavy atom. The number of nitrogens with zero attached hydrogens (tertiary/aromatic N) is 1. The Labute approximate surface area is 116 Å².